The van der Waals surface area contributed by atoms with E-state index in [0.717, 1.165) is 16.5 Å². The van der Waals surface area contributed by atoms with Crippen molar-refractivity contribution in [2.24, 2.45) is 5.73 Å². The van der Waals surface area contributed by atoms with Gasteiger partial charge in [-0.3, -0.25) is 4.79 Å². The summed E-state index contributed by atoms with van der Waals surface area (Å²) in [7, 11) is 0. The van der Waals surface area contributed by atoms with Gasteiger partial charge in [-0.25, -0.2) is 9.48 Å². The van der Waals surface area contributed by atoms with Crippen LogP contribution in [0.1, 0.15) is 16.8 Å². The van der Waals surface area contributed by atoms with Gasteiger partial charge in [0.05, 0.1) is 6.20 Å². The number of para-hydroxylation sites is 1. The number of carbonyl (C=O) groups excluding carboxylic acids is 1. The summed E-state index contributed by atoms with van der Waals surface area (Å²) in [5.74, 6) is -0.524. The number of hydrogen-bond acceptors (Lipinski definition) is 6. The van der Waals surface area contributed by atoms with Gasteiger partial charge >= 0.3 is 5.63 Å². The fourth-order valence-electron chi connectivity index (χ4n) is 4.07. The van der Waals surface area contributed by atoms with Crippen molar-refractivity contribution in [1.82, 2.24) is 20.3 Å². The van der Waals surface area contributed by atoms with Crippen LogP contribution in [0, 0.1) is 6.92 Å². The summed E-state index contributed by atoms with van der Waals surface area (Å²) < 4.78 is 6.94. The minimum Gasteiger partial charge on any atom is -0.420 e. The first-order valence-corrected chi connectivity index (χ1v) is 10.4. The number of aryl methyl sites for hydroxylation is 1. The lowest BCUT2D eigenvalue weighted by Crippen LogP contribution is -2.56. The van der Waals surface area contributed by atoms with Crippen LogP contribution in [0.2, 0.25) is 0 Å². The second kappa shape index (κ2) is 7.90. The highest BCUT2D eigenvalue weighted by Crippen LogP contribution is 2.33. The number of primary amides is 1. The first-order chi connectivity index (χ1) is 16.0. The third-order valence-corrected chi connectivity index (χ3v) is 5.80. The lowest BCUT2D eigenvalue weighted by atomic mass is 9.79. The number of hydrogen-bond donors (Lipinski definition) is 2. The van der Waals surface area contributed by atoms with Crippen LogP contribution in [-0.2, 0) is 11.2 Å². The largest absolute Gasteiger partial charge is 0.420 e. The van der Waals surface area contributed by atoms with Gasteiger partial charge in [-0.1, -0.05) is 53.3 Å². The van der Waals surface area contributed by atoms with Crippen molar-refractivity contribution >= 4 is 22.4 Å². The second-order valence-electron chi connectivity index (χ2n) is 8.01. The lowest BCUT2D eigenvalue weighted by molar-refractivity contribution is -0.122. The van der Waals surface area contributed by atoms with Crippen molar-refractivity contribution in [2.75, 3.05) is 0 Å². The molecular formula is C25H21N5O3. The summed E-state index contributed by atoms with van der Waals surface area (Å²) in [5.41, 5.74) is 8.41. The molecule has 1 amide bonds. The molecule has 2 aromatic carbocycles. The van der Waals surface area contributed by atoms with Gasteiger partial charge in [0.25, 0.3) is 0 Å². The smallest absolute Gasteiger partial charge is 0.336 e. The fraction of sp³-hybridized carbons (Fsp3) is 0.120. The van der Waals surface area contributed by atoms with Crippen LogP contribution < -0.4 is 16.7 Å². The van der Waals surface area contributed by atoms with Gasteiger partial charge in [-0.2, -0.15) is 0 Å². The maximum Gasteiger partial charge on any atom is 0.336 e. The number of aromatic nitrogens is 3. The Morgan fingerprint density at radius 3 is 2.76 bits per heavy atom. The van der Waals surface area contributed by atoms with Crippen LogP contribution in [0.15, 0.2) is 88.4 Å². The minimum absolute atomic E-state index is 0.342. The Balaban J connectivity index is 1.59. The van der Waals surface area contributed by atoms with Crippen molar-refractivity contribution in [3.63, 3.8) is 0 Å². The number of benzene rings is 2. The van der Waals surface area contributed by atoms with Crippen molar-refractivity contribution in [1.29, 1.82) is 0 Å². The number of nitrogens with one attached hydrogen (secondary N) is 1. The number of nitrogens with zero attached hydrogens (tertiary/aromatic N) is 3. The van der Waals surface area contributed by atoms with Crippen molar-refractivity contribution in [3.05, 3.63) is 106 Å². The summed E-state index contributed by atoms with van der Waals surface area (Å²) in [6, 6.07) is 16.5. The van der Waals surface area contributed by atoms with Gasteiger partial charge in [0.2, 0.25) is 5.91 Å². The highest BCUT2D eigenvalue weighted by Gasteiger charge is 2.42. The van der Waals surface area contributed by atoms with Crippen LogP contribution in [0.4, 0.5) is 0 Å². The molecule has 0 bridgehead atoms. The molecular weight excluding hydrogens is 418 g/mol. The van der Waals surface area contributed by atoms with Crippen molar-refractivity contribution in [3.8, 4) is 5.69 Å². The molecule has 0 radical (unpaired) electrons. The van der Waals surface area contributed by atoms with E-state index in [0.29, 0.717) is 29.0 Å². The van der Waals surface area contributed by atoms with Gasteiger partial charge in [-0.05, 0) is 36.9 Å². The van der Waals surface area contributed by atoms with E-state index in [1.54, 1.807) is 30.6 Å². The topological polar surface area (TPSA) is 116 Å². The van der Waals surface area contributed by atoms with E-state index in [9.17, 15) is 9.59 Å². The Morgan fingerprint density at radius 1 is 1.15 bits per heavy atom. The number of fused-ring (bicyclic) bond motifs is 1. The first kappa shape index (κ1) is 20.4. The molecule has 0 spiro atoms. The van der Waals surface area contributed by atoms with Crippen LogP contribution in [0.5, 0.6) is 0 Å². The molecule has 1 atom stereocenters. The predicted molar refractivity (Wildman–Crippen MR) is 124 cm³/mol. The molecule has 3 N–H and O–H groups in total. The van der Waals surface area contributed by atoms with Crippen LogP contribution in [0.25, 0.3) is 22.2 Å². The van der Waals surface area contributed by atoms with E-state index in [1.807, 2.05) is 49.4 Å². The zero-order valence-corrected chi connectivity index (χ0v) is 17.9. The molecule has 0 saturated carbocycles. The highest BCUT2D eigenvalue weighted by molar-refractivity contribution is 6.01. The highest BCUT2D eigenvalue weighted by atomic mass is 16.4. The quantitative estimate of drug-likeness (QED) is 0.462. The standard InChI is InChI=1S/C25H21N5O3/c1-16-7-9-17(10-8-16)14-25(24(26)32)19(5-3-13-27-25)20-15-30(29-28-20)21-6-2-4-18-11-12-22(31)33-23(18)21/h2-13,15,27H,14H2,1H3,(H2,26,32). The molecule has 1 unspecified atom stereocenters. The van der Waals surface area contributed by atoms with Gasteiger partial charge in [-0.15, -0.1) is 5.10 Å². The number of amides is 1. The summed E-state index contributed by atoms with van der Waals surface area (Å²) in [6.45, 7) is 2.01. The molecule has 3 heterocycles. The number of allylic oxidation sites excluding steroid dienone is 2. The molecule has 5 rings (SSSR count). The molecule has 8 nitrogen and oxygen atoms in total. The third kappa shape index (κ3) is 3.61. The Kier molecular flexibility index (Phi) is 4.90. The monoisotopic (exact) mass is 439 g/mol. The number of dihydropyridines is 1. The second-order valence-corrected chi connectivity index (χ2v) is 8.01. The molecule has 0 fully saturated rings. The van der Waals surface area contributed by atoms with Gasteiger partial charge in [0.15, 0.2) is 5.58 Å². The fourth-order valence-corrected chi connectivity index (χ4v) is 4.07. The molecule has 4 aromatic rings. The van der Waals surface area contributed by atoms with Crippen LogP contribution in [-0.4, -0.2) is 26.4 Å². The average Bonchev–Trinajstić information content (AvgIpc) is 3.30. The van der Waals surface area contributed by atoms with Gasteiger partial charge in [0.1, 0.15) is 16.9 Å². The number of nitrogens with two attached hydrogens (primary N) is 1. The van der Waals surface area contributed by atoms with Crippen molar-refractivity contribution in [2.45, 2.75) is 18.9 Å². The van der Waals surface area contributed by atoms with Crippen LogP contribution >= 0.6 is 0 Å². The van der Waals surface area contributed by atoms with Gasteiger partial charge in [0, 0.05) is 23.4 Å². The van der Waals surface area contributed by atoms with Crippen LogP contribution in [0.3, 0.4) is 0 Å². The summed E-state index contributed by atoms with van der Waals surface area (Å²) in [4.78, 5) is 24.6. The zero-order valence-electron chi connectivity index (χ0n) is 17.9. The summed E-state index contributed by atoms with van der Waals surface area (Å²) in [6.07, 6.45) is 7.34. The van der Waals surface area contributed by atoms with E-state index in [-0.39, 0.29) is 0 Å². The summed E-state index contributed by atoms with van der Waals surface area (Å²) in [5, 5.41) is 12.5. The molecule has 1 aliphatic rings. The predicted octanol–water partition coefficient (Wildman–Crippen LogP) is 2.65. The average molecular weight is 439 g/mol. The Hall–Kier alpha value is -4.46. The van der Waals surface area contributed by atoms with Gasteiger partial charge < -0.3 is 15.5 Å². The molecule has 2 aromatic heterocycles. The molecule has 0 saturated heterocycles. The third-order valence-electron chi connectivity index (χ3n) is 5.80. The Morgan fingerprint density at radius 2 is 1.97 bits per heavy atom. The van der Waals surface area contributed by atoms with E-state index in [2.05, 4.69) is 15.6 Å². The number of carbonyl (C=O) groups is 1. The zero-order chi connectivity index (χ0) is 23.0. The van der Waals surface area contributed by atoms with E-state index < -0.39 is 17.1 Å². The van der Waals surface area contributed by atoms with Crippen molar-refractivity contribution < 1.29 is 9.21 Å². The molecule has 8 heteroatoms. The maximum atomic E-state index is 12.8. The first-order valence-electron chi connectivity index (χ1n) is 10.4. The van der Waals surface area contributed by atoms with E-state index >= 15 is 0 Å². The molecule has 33 heavy (non-hydrogen) atoms. The lowest BCUT2D eigenvalue weighted by Gasteiger charge is -2.34. The summed E-state index contributed by atoms with van der Waals surface area (Å²) >= 11 is 0. The SMILES string of the molecule is Cc1ccc(CC2(C(N)=O)NC=CC=C2c2cn(-c3cccc4ccc(=O)oc34)nn2)cc1. The maximum absolute atomic E-state index is 12.8. The van der Waals surface area contributed by atoms with E-state index in [4.69, 9.17) is 10.2 Å². The van der Waals surface area contributed by atoms with E-state index in [1.165, 1.54) is 10.7 Å². The molecule has 164 valence electrons. The Bertz CT molecular complexity index is 1480. The molecule has 0 aliphatic carbocycles. The minimum atomic E-state index is -1.20. The normalized spacial score (nSPS) is 17.5. The number of rotatable bonds is 5. The Labute approximate surface area is 189 Å². The molecule has 1 aliphatic heterocycles.